The number of aromatic nitrogens is 3. The van der Waals surface area contributed by atoms with Crippen molar-refractivity contribution in [1.82, 2.24) is 15.1 Å². The van der Waals surface area contributed by atoms with Gasteiger partial charge >= 0.3 is 0 Å². The minimum Gasteiger partial charge on any atom is -0.375 e. The molecule has 86 valence electrons. The number of rotatable bonds is 4. The molecule has 5 nitrogen and oxygen atoms in total. The third-order valence-electron chi connectivity index (χ3n) is 2.18. The van der Waals surface area contributed by atoms with E-state index in [4.69, 9.17) is 10.3 Å². The first-order valence-electron chi connectivity index (χ1n) is 5.32. The van der Waals surface area contributed by atoms with Gasteiger partial charge in [0.2, 0.25) is 0 Å². The van der Waals surface area contributed by atoms with Crippen LogP contribution in [0.15, 0.2) is 4.52 Å². The Balaban J connectivity index is 2.37. The normalized spacial score (nSPS) is 10.9. The van der Waals surface area contributed by atoms with Crippen molar-refractivity contribution in [1.29, 1.82) is 0 Å². The quantitative estimate of drug-likeness (QED) is 0.884. The summed E-state index contributed by atoms with van der Waals surface area (Å²) in [7, 11) is 0. The largest absolute Gasteiger partial charge is 0.375 e. The summed E-state index contributed by atoms with van der Waals surface area (Å²) < 4.78 is 5.20. The maximum Gasteiger partial charge on any atom is 0.270 e. The number of anilines is 1. The Morgan fingerprint density at radius 3 is 2.75 bits per heavy atom. The molecule has 0 radical (unpaired) electrons. The van der Waals surface area contributed by atoms with Crippen LogP contribution in [0.5, 0.6) is 0 Å². The van der Waals surface area contributed by atoms with Crippen LogP contribution in [0.25, 0.3) is 10.8 Å². The summed E-state index contributed by atoms with van der Waals surface area (Å²) in [6, 6.07) is 0. The summed E-state index contributed by atoms with van der Waals surface area (Å²) in [6.45, 7) is 4.09. The molecule has 0 aliphatic carbocycles. The monoisotopic (exact) mass is 238 g/mol. The topological polar surface area (TPSA) is 77.8 Å². The number of nitrogens with two attached hydrogens (primary N) is 1. The van der Waals surface area contributed by atoms with Crippen molar-refractivity contribution >= 4 is 16.5 Å². The van der Waals surface area contributed by atoms with Crippen LogP contribution in [0.2, 0.25) is 0 Å². The first kappa shape index (κ1) is 11.1. The van der Waals surface area contributed by atoms with Gasteiger partial charge < -0.3 is 10.3 Å². The molecule has 2 aromatic rings. The van der Waals surface area contributed by atoms with Crippen molar-refractivity contribution in [2.45, 2.75) is 33.1 Å². The highest BCUT2D eigenvalue weighted by Gasteiger charge is 2.16. The molecule has 0 aliphatic heterocycles. The molecule has 0 saturated heterocycles. The van der Waals surface area contributed by atoms with Gasteiger partial charge in [-0.2, -0.15) is 4.98 Å². The molecule has 0 unspecified atom stereocenters. The zero-order valence-corrected chi connectivity index (χ0v) is 10.2. The van der Waals surface area contributed by atoms with Gasteiger partial charge in [-0.05, 0) is 6.42 Å². The molecule has 0 aliphatic rings. The molecule has 2 aromatic heterocycles. The molecule has 2 N–H and O–H groups in total. The zero-order valence-electron chi connectivity index (χ0n) is 9.36. The lowest BCUT2D eigenvalue weighted by Gasteiger charge is -1.93. The van der Waals surface area contributed by atoms with Crippen molar-refractivity contribution in [2.75, 3.05) is 5.73 Å². The van der Waals surface area contributed by atoms with Crippen molar-refractivity contribution in [2.24, 2.45) is 0 Å². The van der Waals surface area contributed by atoms with Gasteiger partial charge in [-0.1, -0.05) is 36.8 Å². The Morgan fingerprint density at radius 2 is 2.12 bits per heavy atom. The fourth-order valence-corrected chi connectivity index (χ4v) is 2.23. The average molecular weight is 238 g/mol. The van der Waals surface area contributed by atoms with Crippen LogP contribution in [0.3, 0.4) is 0 Å². The van der Waals surface area contributed by atoms with Gasteiger partial charge in [0.25, 0.3) is 5.89 Å². The molecule has 16 heavy (non-hydrogen) atoms. The van der Waals surface area contributed by atoms with E-state index in [0.717, 1.165) is 29.8 Å². The lowest BCUT2D eigenvalue weighted by Crippen LogP contribution is -1.89. The average Bonchev–Trinajstić information content (AvgIpc) is 2.85. The number of hydrogen-bond donors (Lipinski definition) is 1. The second kappa shape index (κ2) is 4.61. The molecule has 2 rings (SSSR count). The molecule has 0 bridgehead atoms. The van der Waals surface area contributed by atoms with Crippen molar-refractivity contribution in [3.63, 3.8) is 0 Å². The van der Waals surface area contributed by atoms with Crippen LogP contribution >= 0.6 is 11.3 Å². The van der Waals surface area contributed by atoms with Crippen LogP contribution in [-0.4, -0.2) is 15.1 Å². The zero-order chi connectivity index (χ0) is 11.5. The molecule has 2 heterocycles. The van der Waals surface area contributed by atoms with Crippen LogP contribution in [0.4, 0.5) is 5.13 Å². The maximum atomic E-state index is 5.70. The van der Waals surface area contributed by atoms with Gasteiger partial charge in [-0.25, -0.2) is 4.98 Å². The molecule has 0 fully saturated rings. The summed E-state index contributed by atoms with van der Waals surface area (Å²) in [5.74, 6) is 1.25. The van der Waals surface area contributed by atoms with E-state index in [1.165, 1.54) is 11.3 Å². The van der Waals surface area contributed by atoms with Gasteiger partial charge in [0.05, 0.1) is 5.69 Å². The smallest absolute Gasteiger partial charge is 0.270 e. The highest BCUT2D eigenvalue weighted by atomic mass is 32.1. The van der Waals surface area contributed by atoms with Crippen molar-refractivity contribution in [3.8, 4) is 10.8 Å². The summed E-state index contributed by atoms with van der Waals surface area (Å²) in [5.41, 5.74) is 6.66. The van der Waals surface area contributed by atoms with Gasteiger partial charge in [-0.3, -0.25) is 0 Å². The SMILES string of the molecule is CCCc1nc(N)sc1-c1nc(CC)no1. The Bertz CT molecular complexity index is 477. The predicted octanol–water partition coefficient (Wildman–Crippen LogP) is 2.29. The minimum absolute atomic E-state index is 0.537. The lowest BCUT2D eigenvalue weighted by atomic mass is 10.2. The highest BCUT2D eigenvalue weighted by molar-refractivity contribution is 7.18. The summed E-state index contributed by atoms with van der Waals surface area (Å²) >= 11 is 1.40. The van der Waals surface area contributed by atoms with E-state index >= 15 is 0 Å². The fraction of sp³-hybridized carbons (Fsp3) is 0.500. The fourth-order valence-electron chi connectivity index (χ4n) is 1.43. The lowest BCUT2D eigenvalue weighted by molar-refractivity contribution is 0.423. The van der Waals surface area contributed by atoms with Gasteiger partial charge in [-0.15, -0.1) is 0 Å². The molecular formula is C10H14N4OS. The maximum absolute atomic E-state index is 5.70. The third-order valence-corrected chi connectivity index (χ3v) is 3.09. The number of nitrogens with zero attached hydrogens (tertiary/aromatic N) is 3. The molecule has 0 spiro atoms. The van der Waals surface area contributed by atoms with Crippen LogP contribution in [0.1, 0.15) is 31.8 Å². The minimum atomic E-state index is 0.537. The van der Waals surface area contributed by atoms with Gasteiger partial charge in [0, 0.05) is 6.42 Å². The van der Waals surface area contributed by atoms with E-state index in [2.05, 4.69) is 22.0 Å². The third kappa shape index (κ3) is 2.06. The van der Waals surface area contributed by atoms with Crippen LogP contribution in [0, 0.1) is 0 Å². The Morgan fingerprint density at radius 1 is 1.31 bits per heavy atom. The van der Waals surface area contributed by atoms with Crippen molar-refractivity contribution in [3.05, 3.63) is 11.5 Å². The molecular weight excluding hydrogens is 224 g/mol. The molecule has 0 saturated carbocycles. The van der Waals surface area contributed by atoms with Crippen LogP contribution in [-0.2, 0) is 12.8 Å². The Hall–Kier alpha value is -1.43. The van der Waals surface area contributed by atoms with E-state index < -0.39 is 0 Å². The van der Waals surface area contributed by atoms with E-state index in [9.17, 15) is 0 Å². The first-order valence-corrected chi connectivity index (χ1v) is 6.14. The van der Waals surface area contributed by atoms with Gasteiger partial charge in [0.15, 0.2) is 11.0 Å². The second-order valence-electron chi connectivity index (χ2n) is 3.45. The molecule has 0 aromatic carbocycles. The first-order chi connectivity index (χ1) is 7.74. The van der Waals surface area contributed by atoms with E-state index in [1.807, 2.05) is 6.92 Å². The number of aryl methyl sites for hydroxylation is 2. The summed E-state index contributed by atoms with van der Waals surface area (Å²) in [6.07, 6.45) is 2.67. The van der Waals surface area contributed by atoms with E-state index in [-0.39, 0.29) is 0 Å². The number of hydrogen-bond acceptors (Lipinski definition) is 6. The standard InChI is InChI=1S/C10H14N4OS/c1-3-5-6-8(16-10(11)12-6)9-13-7(4-2)14-15-9/h3-5H2,1-2H3,(H2,11,12). The molecule has 0 amide bonds. The highest BCUT2D eigenvalue weighted by Crippen LogP contribution is 2.31. The summed E-state index contributed by atoms with van der Waals surface area (Å²) in [5, 5.41) is 4.42. The second-order valence-corrected chi connectivity index (χ2v) is 4.48. The Labute approximate surface area is 97.7 Å². The van der Waals surface area contributed by atoms with E-state index in [0.29, 0.717) is 16.8 Å². The van der Waals surface area contributed by atoms with Crippen LogP contribution < -0.4 is 5.73 Å². The predicted molar refractivity (Wildman–Crippen MR) is 63.2 cm³/mol. The summed E-state index contributed by atoms with van der Waals surface area (Å²) in [4.78, 5) is 9.48. The number of thiazole rings is 1. The van der Waals surface area contributed by atoms with Crippen molar-refractivity contribution < 1.29 is 4.52 Å². The number of nitrogen functional groups attached to an aromatic ring is 1. The van der Waals surface area contributed by atoms with E-state index in [1.54, 1.807) is 0 Å². The van der Waals surface area contributed by atoms with Gasteiger partial charge in [0.1, 0.15) is 4.88 Å². The molecule has 6 heteroatoms. The Kier molecular flexibility index (Phi) is 3.19. The molecule has 0 atom stereocenters.